The molecule has 1 fully saturated rings. The fourth-order valence-electron chi connectivity index (χ4n) is 3.13. The van der Waals surface area contributed by atoms with Crippen molar-refractivity contribution in [1.82, 2.24) is 0 Å². The van der Waals surface area contributed by atoms with Crippen LogP contribution in [-0.4, -0.2) is 35.5 Å². The van der Waals surface area contributed by atoms with Crippen LogP contribution in [-0.2, 0) is 14.9 Å². The zero-order valence-electron chi connectivity index (χ0n) is 15.0. The Balaban J connectivity index is 1.69. The Morgan fingerprint density at radius 3 is 2.41 bits per heavy atom. The number of carbonyl (C=O) groups is 1. The molecule has 0 spiro atoms. The molecule has 1 saturated heterocycles. The van der Waals surface area contributed by atoms with Crippen LogP contribution in [0.4, 0.5) is 11.4 Å². The first-order valence-corrected chi connectivity index (χ1v) is 12.4. The minimum Gasteiger partial charge on any atom is -0.334 e. The Morgan fingerprint density at radius 2 is 1.69 bits per heavy atom. The van der Waals surface area contributed by atoms with Gasteiger partial charge in [0.25, 0.3) is 16.0 Å². The van der Waals surface area contributed by atoms with Gasteiger partial charge in [-0.25, -0.2) is 0 Å². The number of para-hydroxylation sites is 2. The van der Waals surface area contributed by atoms with Crippen molar-refractivity contribution in [2.45, 2.75) is 11.3 Å². The summed E-state index contributed by atoms with van der Waals surface area (Å²) < 4.78 is 31.8. The highest BCUT2D eigenvalue weighted by atomic mass is 32.2. The fourth-order valence-corrected chi connectivity index (χ4v) is 6.26. The summed E-state index contributed by atoms with van der Waals surface area (Å²) >= 11 is 8.18. The molecule has 0 aliphatic carbocycles. The molecule has 2 aliphatic rings. The van der Waals surface area contributed by atoms with Gasteiger partial charge >= 0.3 is 0 Å². The second-order valence-corrected chi connectivity index (χ2v) is 10.6. The summed E-state index contributed by atoms with van der Waals surface area (Å²) in [5.41, 5.74) is 1.62. The van der Waals surface area contributed by atoms with Crippen molar-refractivity contribution in [3.63, 3.8) is 0 Å². The second-order valence-electron chi connectivity index (χ2n) is 6.34. The van der Waals surface area contributed by atoms with Crippen LogP contribution < -0.4 is 9.80 Å². The van der Waals surface area contributed by atoms with Crippen molar-refractivity contribution in [3.05, 3.63) is 64.5 Å². The van der Waals surface area contributed by atoms with E-state index in [0.717, 1.165) is 15.6 Å². The van der Waals surface area contributed by atoms with E-state index in [1.54, 1.807) is 0 Å². The molecular formula is C19H16N2O4S4. The SMILES string of the molecule is O=C1/C(=C2/Sc3ccccc3N2CCCS(=O)(=O)O)SC(=S)N1c1ccccc1. The third-order valence-electron chi connectivity index (χ3n) is 4.37. The van der Waals surface area contributed by atoms with Gasteiger partial charge in [0.1, 0.15) is 9.93 Å². The Bertz CT molecular complexity index is 1120. The van der Waals surface area contributed by atoms with E-state index >= 15 is 0 Å². The van der Waals surface area contributed by atoms with Crippen molar-refractivity contribution in [2.75, 3.05) is 22.1 Å². The van der Waals surface area contributed by atoms with Crippen LogP contribution in [0, 0.1) is 0 Å². The first-order valence-electron chi connectivity index (χ1n) is 8.70. The zero-order chi connectivity index (χ0) is 20.6. The van der Waals surface area contributed by atoms with Gasteiger partial charge in [-0.3, -0.25) is 14.2 Å². The number of hydrogen-bond donors (Lipinski definition) is 1. The molecule has 0 radical (unpaired) electrons. The third kappa shape index (κ3) is 4.22. The lowest BCUT2D eigenvalue weighted by Gasteiger charge is -2.21. The van der Waals surface area contributed by atoms with Crippen LogP contribution in [0.5, 0.6) is 0 Å². The molecule has 2 aromatic carbocycles. The molecule has 0 bridgehead atoms. The van der Waals surface area contributed by atoms with Crippen LogP contribution in [0.2, 0.25) is 0 Å². The number of benzene rings is 2. The molecule has 2 heterocycles. The first kappa shape index (κ1) is 20.4. The summed E-state index contributed by atoms with van der Waals surface area (Å²) in [5.74, 6) is -0.532. The van der Waals surface area contributed by atoms with E-state index in [9.17, 15) is 13.2 Å². The van der Waals surface area contributed by atoms with Crippen LogP contribution in [0.25, 0.3) is 0 Å². The van der Waals surface area contributed by atoms with Gasteiger partial charge in [-0.1, -0.05) is 66.1 Å². The Kier molecular flexibility index (Phi) is 5.71. The summed E-state index contributed by atoms with van der Waals surface area (Å²) in [6, 6.07) is 16.9. The van der Waals surface area contributed by atoms with Crippen molar-refractivity contribution in [2.24, 2.45) is 0 Å². The molecule has 0 atom stereocenters. The summed E-state index contributed by atoms with van der Waals surface area (Å²) in [7, 11) is -4.04. The van der Waals surface area contributed by atoms with Gasteiger partial charge < -0.3 is 4.90 Å². The number of fused-ring (bicyclic) bond motifs is 1. The lowest BCUT2D eigenvalue weighted by atomic mass is 10.2. The molecule has 10 heteroatoms. The summed E-state index contributed by atoms with van der Waals surface area (Å²) in [6.45, 7) is 0.356. The first-order chi connectivity index (χ1) is 13.8. The van der Waals surface area contributed by atoms with Crippen molar-refractivity contribution < 1.29 is 17.8 Å². The molecule has 0 aromatic heterocycles. The van der Waals surface area contributed by atoms with E-state index in [0.29, 0.717) is 21.5 Å². The van der Waals surface area contributed by atoms with Gasteiger partial charge in [0.05, 0.1) is 17.1 Å². The van der Waals surface area contributed by atoms with E-state index in [1.807, 2.05) is 59.5 Å². The van der Waals surface area contributed by atoms with Crippen LogP contribution in [0.3, 0.4) is 0 Å². The lowest BCUT2D eigenvalue weighted by Crippen LogP contribution is -2.29. The van der Waals surface area contributed by atoms with E-state index in [-0.39, 0.29) is 18.1 Å². The van der Waals surface area contributed by atoms with Gasteiger partial charge in [-0.15, -0.1) is 0 Å². The maximum absolute atomic E-state index is 13.2. The molecule has 0 unspecified atom stereocenters. The Hall–Kier alpha value is -1.85. The number of hydrogen-bond acceptors (Lipinski definition) is 7. The average molecular weight is 465 g/mol. The van der Waals surface area contributed by atoms with Gasteiger partial charge in [0.15, 0.2) is 4.32 Å². The number of amides is 1. The predicted octanol–water partition coefficient (Wildman–Crippen LogP) is 4.11. The van der Waals surface area contributed by atoms with Crippen LogP contribution in [0.15, 0.2) is 69.4 Å². The molecule has 150 valence electrons. The van der Waals surface area contributed by atoms with E-state index in [1.165, 1.54) is 28.4 Å². The van der Waals surface area contributed by atoms with E-state index in [4.69, 9.17) is 16.8 Å². The molecule has 1 N–H and O–H groups in total. The van der Waals surface area contributed by atoms with Crippen LogP contribution in [0.1, 0.15) is 6.42 Å². The lowest BCUT2D eigenvalue weighted by molar-refractivity contribution is -0.113. The largest absolute Gasteiger partial charge is 0.334 e. The van der Waals surface area contributed by atoms with E-state index in [2.05, 4.69) is 0 Å². The summed E-state index contributed by atoms with van der Waals surface area (Å²) in [5, 5.41) is 0.734. The minimum absolute atomic E-state index is 0.193. The predicted molar refractivity (Wildman–Crippen MR) is 122 cm³/mol. The molecule has 2 aliphatic heterocycles. The van der Waals surface area contributed by atoms with Crippen molar-refractivity contribution >= 4 is 67.5 Å². The molecule has 1 amide bonds. The number of anilines is 2. The summed E-state index contributed by atoms with van der Waals surface area (Å²) in [4.78, 5) is 18.2. The number of thioether (sulfide) groups is 2. The van der Waals surface area contributed by atoms with Gasteiger partial charge in [-0.2, -0.15) is 8.42 Å². The second kappa shape index (κ2) is 8.11. The fraction of sp³-hybridized carbons (Fsp3) is 0.158. The Labute approximate surface area is 182 Å². The van der Waals surface area contributed by atoms with Crippen molar-refractivity contribution in [1.29, 1.82) is 0 Å². The van der Waals surface area contributed by atoms with E-state index < -0.39 is 10.1 Å². The third-order valence-corrected chi connectivity index (χ3v) is 7.85. The van der Waals surface area contributed by atoms with Crippen molar-refractivity contribution in [3.8, 4) is 0 Å². The minimum atomic E-state index is -4.04. The molecule has 4 rings (SSSR count). The average Bonchev–Trinajstić information content (AvgIpc) is 3.18. The van der Waals surface area contributed by atoms with Gasteiger partial charge in [0, 0.05) is 11.4 Å². The number of rotatable bonds is 5. The zero-order valence-corrected chi connectivity index (χ0v) is 18.3. The number of thiocarbonyl (C=S) groups is 1. The van der Waals surface area contributed by atoms with Gasteiger partial charge in [0.2, 0.25) is 0 Å². The monoisotopic (exact) mass is 464 g/mol. The molecule has 6 nitrogen and oxygen atoms in total. The topological polar surface area (TPSA) is 77.9 Å². The Morgan fingerprint density at radius 1 is 1.00 bits per heavy atom. The number of carbonyl (C=O) groups excluding carboxylic acids is 1. The van der Waals surface area contributed by atoms with Crippen LogP contribution >= 0.6 is 35.7 Å². The summed E-state index contributed by atoms with van der Waals surface area (Å²) in [6.07, 6.45) is 0.232. The number of nitrogens with zero attached hydrogens (tertiary/aromatic N) is 2. The molecule has 29 heavy (non-hydrogen) atoms. The highest BCUT2D eigenvalue weighted by Crippen LogP contribution is 2.51. The smallest absolute Gasteiger partial charge is 0.273 e. The maximum Gasteiger partial charge on any atom is 0.273 e. The molecular weight excluding hydrogens is 448 g/mol. The highest BCUT2D eigenvalue weighted by molar-refractivity contribution is 8.27. The maximum atomic E-state index is 13.2. The van der Waals surface area contributed by atoms with Gasteiger partial charge in [-0.05, 0) is 30.7 Å². The molecule has 2 aromatic rings. The molecule has 0 saturated carbocycles. The quantitative estimate of drug-likeness (QED) is 0.402. The normalized spacial score (nSPS) is 19.2. The standard InChI is InChI=1S/C19H16N2O4S4/c22-17-16(28-19(26)21(17)13-7-2-1-3-8-13)18-20(11-6-12-29(23,24)25)14-9-4-5-10-15(14)27-18/h1-5,7-10H,6,11-12H2,(H,23,24,25)/b18-16-. The highest BCUT2D eigenvalue weighted by Gasteiger charge is 2.39.